The average molecular weight is 229 g/mol. The molecule has 0 radical (unpaired) electrons. The van der Waals surface area contributed by atoms with Crippen molar-refractivity contribution in [1.82, 2.24) is 0 Å². The average Bonchev–Trinajstić information content (AvgIpc) is 2.62. The molecule has 1 aliphatic heterocycles. The van der Waals surface area contributed by atoms with Crippen molar-refractivity contribution in [3.8, 4) is 0 Å². The van der Waals surface area contributed by atoms with Crippen molar-refractivity contribution in [1.29, 1.82) is 0 Å². The zero-order chi connectivity index (χ0) is 11.9. The van der Waals surface area contributed by atoms with Gasteiger partial charge in [0.2, 0.25) is 0 Å². The first-order chi connectivity index (χ1) is 8.22. The van der Waals surface area contributed by atoms with Crippen LogP contribution in [-0.4, -0.2) is 16.8 Å². The van der Waals surface area contributed by atoms with Crippen LogP contribution >= 0.6 is 0 Å². The Balaban J connectivity index is 2.13. The van der Waals surface area contributed by atoms with E-state index in [4.69, 9.17) is 0 Å². The Bertz CT molecular complexity index is 507. The molecule has 0 saturated heterocycles. The second-order valence-corrected chi connectivity index (χ2v) is 4.94. The maximum Gasteiger partial charge on any atom is 0.304 e. The maximum absolute atomic E-state index is 11.2. The maximum atomic E-state index is 11.2. The zero-order valence-corrected chi connectivity index (χ0v) is 9.65. The van der Waals surface area contributed by atoms with Crippen molar-refractivity contribution < 1.29 is 9.90 Å². The number of rotatable bonds is 2. The van der Waals surface area contributed by atoms with Crippen LogP contribution in [0.25, 0.3) is 0 Å². The number of para-hydroxylation sites is 1. The molecule has 3 heteroatoms. The highest BCUT2D eigenvalue weighted by Crippen LogP contribution is 2.49. The molecule has 1 saturated carbocycles. The summed E-state index contributed by atoms with van der Waals surface area (Å²) in [5, 5.41) is 9.18. The molecule has 1 fully saturated rings. The van der Waals surface area contributed by atoms with Crippen LogP contribution in [0.4, 0.5) is 5.69 Å². The fourth-order valence-corrected chi connectivity index (χ4v) is 3.22. The summed E-state index contributed by atoms with van der Waals surface area (Å²) in [6.45, 7) is 0. The summed E-state index contributed by atoms with van der Waals surface area (Å²) in [7, 11) is 0. The topological polar surface area (TPSA) is 49.7 Å². The van der Waals surface area contributed by atoms with Crippen molar-refractivity contribution in [2.45, 2.75) is 37.5 Å². The lowest BCUT2D eigenvalue weighted by atomic mass is 9.67. The van der Waals surface area contributed by atoms with Gasteiger partial charge in [0.25, 0.3) is 0 Å². The van der Waals surface area contributed by atoms with Gasteiger partial charge in [-0.05, 0) is 30.9 Å². The van der Waals surface area contributed by atoms with Crippen LogP contribution in [0.2, 0.25) is 0 Å². The van der Waals surface area contributed by atoms with Gasteiger partial charge in [-0.3, -0.25) is 9.79 Å². The van der Waals surface area contributed by atoms with E-state index in [1.807, 2.05) is 24.3 Å². The van der Waals surface area contributed by atoms with E-state index in [1.165, 1.54) is 0 Å². The molecule has 1 atom stereocenters. The number of benzene rings is 1. The molecule has 0 aromatic heterocycles. The van der Waals surface area contributed by atoms with Crippen molar-refractivity contribution in [3.63, 3.8) is 0 Å². The summed E-state index contributed by atoms with van der Waals surface area (Å²) in [6, 6.07) is 7.98. The van der Waals surface area contributed by atoms with Gasteiger partial charge in [-0.15, -0.1) is 0 Å². The third kappa shape index (κ3) is 1.49. The fraction of sp³-hybridized carbons (Fsp3) is 0.429. The second-order valence-electron chi connectivity index (χ2n) is 4.94. The van der Waals surface area contributed by atoms with Crippen LogP contribution in [0, 0.1) is 0 Å². The Morgan fingerprint density at radius 2 is 2.18 bits per heavy atom. The van der Waals surface area contributed by atoms with Crippen LogP contribution in [0.5, 0.6) is 0 Å². The van der Waals surface area contributed by atoms with Gasteiger partial charge in [-0.25, -0.2) is 0 Å². The number of nitrogens with zero attached hydrogens (tertiary/aromatic N) is 1. The van der Waals surface area contributed by atoms with Gasteiger partial charge >= 0.3 is 5.97 Å². The largest absolute Gasteiger partial charge is 0.481 e. The first-order valence-corrected chi connectivity index (χ1v) is 6.12. The molecule has 1 aromatic carbocycles. The van der Waals surface area contributed by atoms with Gasteiger partial charge in [0.15, 0.2) is 0 Å². The SMILES string of the molecule is O=C(O)C[C@]12CCCCC1=Nc1ccccc12. The van der Waals surface area contributed by atoms with Crippen molar-refractivity contribution in [3.05, 3.63) is 29.8 Å². The number of carbonyl (C=O) groups is 1. The molecule has 2 aliphatic rings. The van der Waals surface area contributed by atoms with Gasteiger partial charge in [-0.2, -0.15) is 0 Å². The van der Waals surface area contributed by atoms with Gasteiger partial charge < -0.3 is 5.11 Å². The third-order valence-corrected chi connectivity index (χ3v) is 3.95. The Morgan fingerprint density at radius 3 is 3.00 bits per heavy atom. The first-order valence-electron chi connectivity index (χ1n) is 6.12. The lowest BCUT2D eigenvalue weighted by Crippen LogP contribution is -2.38. The lowest BCUT2D eigenvalue weighted by molar-refractivity contribution is -0.138. The standard InChI is InChI=1S/C14H15NO2/c16-13(17)9-14-8-4-3-7-12(14)15-11-6-2-1-5-10(11)14/h1-2,5-6H,3-4,7-9H2,(H,16,17)/t14-/m0/s1. The van der Waals surface area contributed by atoms with Gasteiger partial charge in [0, 0.05) is 11.1 Å². The molecule has 17 heavy (non-hydrogen) atoms. The van der Waals surface area contributed by atoms with Crippen LogP contribution in [0.15, 0.2) is 29.3 Å². The van der Waals surface area contributed by atoms with Gasteiger partial charge in [0.1, 0.15) is 0 Å². The van der Waals surface area contributed by atoms with Gasteiger partial charge in [-0.1, -0.05) is 24.6 Å². The van der Waals surface area contributed by atoms with E-state index in [9.17, 15) is 9.90 Å². The number of aliphatic carboxylic acids is 1. The summed E-state index contributed by atoms with van der Waals surface area (Å²) in [6.07, 6.45) is 4.29. The van der Waals surface area contributed by atoms with E-state index in [-0.39, 0.29) is 11.8 Å². The summed E-state index contributed by atoms with van der Waals surface area (Å²) in [5.74, 6) is -0.726. The molecule has 0 unspecified atom stereocenters. The second kappa shape index (κ2) is 3.69. The van der Waals surface area contributed by atoms with E-state index in [0.717, 1.165) is 42.6 Å². The zero-order valence-electron chi connectivity index (χ0n) is 9.65. The number of hydrogen-bond donors (Lipinski definition) is 1. The van der Waals surface area contributed by atoms with E-state index in [0.29, 0.717) is 0 Å². The predicted octanol–water partition coefficient (Wildman–Crippen LogP) is 3.06. The number of carboxylic acid groups (broad SMARTS) is 1. The fourth-order valence-electron chi connectivity index (χ4n) is 3.22. The van der Waals surface area contributed by atoms with Gasteiger partial charge in [0.05, 0.1) is 12.1 Å². The minimum atomic E-state index is -0.726. The number of hydrogen-bond acceptors (Lipinski definition) is 2. The Labute approximate surface area is 100 Å². The normalized spacial score (nSPS) is 26.0. The monoisotopic (exact) mass is 229 g/mol. The number of aliphatic imine (C=N–C) groups is 1. The van der Waals surface area contributed by atoms with E-state index >= 15 is 0 Å². The lowest BCUT2D eigenvalue weighted by Gasteiger charge is -2.34. The quantitative estimate of drug-likeness (QED) is 0.847. The molecular formula is C14H15NO2. The summed E-state index contributed by atoms with van der Waals surface area (Å²) < 4.78 is 0. The molecule has 0 amide bonds. The molecule has 1 aliphatic carbocycles. The summed E-state index contributed by atoms with van der Waals surface area (Å²) in [5.41, 5.74) is 2.89. The minimum Gasteiger partial charge on any atom is -0.481 e. The van der Waals surface area contributed by atoms with Crippen LogP contribution in [0.1, 0.15) is 37.7 Å². The number of carboxylic acids is 1. The van der Waals surface area contributed by atoms with Crippen molar-refractivity contribution in [2.24, 2.45) is 4.99 Å². The molecule has 1 aromatic rings. The Kier molecular flexibility index (Phi) is 2.28. The van der Waals surface area contributed by atoms with Crippen molar-refractivity contribution >= 4 is 17.4 Å². The molecule has 3 rings (SSSR count). The highest BCUT2D eigenvalue weighted by atomic mass is 16.4. The molecule has 1 N–H and O–H groups in total. The smallest absolute Gasteiger partial charge is 0.304 e. The van der Waals surface area contributed by atoms with Crippen LogP contribution < -0.4 is 0 Å². The molecule has 0 spiro atoms. The molecule has 3 nitrogen and oxygen atoms in total. The number of fused-ring (bicyclic) bond motifs is 3. The third-order valence-electron chi connectivity index (χ3n) is 3.95. The molecule has 0 bridgehead atoms. The van der Waals surface area contributed by atoms with Crippen LogP contribution in [0.3, 0.4) is 0 Å². The highest BCUT2D eigenvalue weighted by molar-refractivity contribution is 6.04. The summed E-state index contributed by atoms with van der Waals surface area (Å²) >= 11 is 0. The molecule has 88 valence electrons. The van der Waals surface area contributed by atoms with E-state index in [1.54, 1.807) is 0 Å². The molecule has 1 heterocycles. The van der Waals surface area contributed by atoms with Crippen molar-refractivity contribution in [2.75, 3.05) is 0 Å². The highest BCUT2D eigenvalue weighted by Gasteiger charge is 2.45. The first kappa shape index (κ1) is 10.5. The molecular weight excluding hydrogens is 214 g/mol. The Hall–Kier alpha value is -1.64. The van der Waals surface area contributed by atoms with E-state index < -0.39 is 5.97 Å². The minimum absolute atomic E-state index is 0.183. The predicted molar refractivity (Wildman–Crippen MR) is 65.9 cm³/mol. The summed E-state index contributed by atoms with van der Waals surface area (Å²) in [4.78, 5) is 15.8. The van der Waals surface area contributed by atoms with E-state index in [2.05, 4.69) is 4.99 Å². The van der Waals surface area contributed by atoms with Crippen LogP contribution in [-0.2, 0) is 10.2 Å². The Morgan fingerprint density at radius 1 is 1.35 bits per heavy atom.